The van der Waals surface area contributed by atoms with Crippen LogP contribution in [-0.2, 0) is 14.6 Å². The molecule has 5 nitrogen and oxygen atoms in total. The Bertz CT molecular complexity index is 404. The van der Waals surface area contributed by atoms with E-state index in [4.69, 9.17) is 0 Å². The van der Waals surface area contributed by atoms with Crippen LogP contribution in [0.2, 0.25) is 0 Å². The van der Waals surface area contributed by atoms with Crippen LogP contribution in [0.5, 0.6) is 0 Å². The summed E-state index contributed by atoms with van der Waals surface area (Å²) >= 11 is 0. The number of hydrogen-bond acceptors (Lipinski definition) is 4. The van der Waals surface area contributed by atoms with Gasteiger partial charge in [0, 0.05) is 13.1 Å². The molecule has 1 saturated heterocycles. The lowest BCUT2D eigenvalue weighted by molar-refractivity contribution is -0.129. The Balaban J connectivity index is 0.00000400. The van der Waals surface area contributed by atoms with Crippen LogP contribution in [0.1, 0.15) is 33.6 Å². The van der Waals surface area contributed by atoms with Gasteiger partial charge in [-0.05, 0) is 37.8 Å². The van der Waals surface area contributed by atoms with Crippen LogP contribution in [0.15, 0.2) is 0 Å². The second-order valence-corrected chi connectivity index (χ2v) is 8.19. The average Bonchev–Trinajstić information content (AvgIpc) is 2.34. The van der Waals surface area contributed by atoms with Crippen molar-refractivity contribution in [1.82, 2.24) is 10.2 Å². The van der Waals surface area contributed by atoms with E-state index in [2.05, 4.69) is 12.2 Å². The molecule has 21 heavy (non-hydrogen) atoms. The van der Waals surface area contributed by atoms with Crippen LogP contribution in [0.3, 0.4) is 0 Å². The lowest BCUT2D eigenvalue weighted by Crippen LogP contribution is -2.43. The zero-order valence-corrected chi connectivity index (χ0v) is 14.9. The minimum absolute atomic E-state index is 0. The maximum Gasteiger partial charge on any atom is 0.237 e. The van der Waals surface area contributed by atoms with Crippen LogP contribution in [0.4, 0.5) is 0 Å². The summed E-state index contributed by atoms with van der Waals surface area (Å²) < 4.78 is 23.7. The number of rotatable bonds is 7. The van der Waals surface area contributed by atoms with Gasteiger partial charge in [-0.25, -0.2) is 8.42 Å². The molecule has 126 valence electrons. The van der Waals surface area contributed by atoms with Crippen molar-refractivity contribution in [3.05, 3.63) is 0 Å². The van der Waals surface area contributed by atoms with Crippen LogP contribution in [0, 0.1) is 11.8 Å². The molecular weight excluding hydrogens is 312 g/mol. The monoisotopic (exact) mass is 340 g/mol. The van der Waals surface area contributed by atoms with Crippen LogP contribution in [-0.4, -0.2) is 56.9 Å². The second-order valence-electron chi connectivity index (χ2n) is 6.08. The summed E-state index contributed by atoms with van der Waals surface area (Å²) in [6.45, 7) is 9.12. The van der Waals surface area contributed by atoms with E-state index in [0.717, 1.165) is 25.9 Å². The van der Waals surface area contributed by atoms with Gasteiger partial charge in [0.25, 0.3) is 0 Å². The first-order valence-corrected chi connectivity index (χ1v) is 9.35. The van der Waals surface area contributed by atoms with E-state index in [-0.39, 0.29) is 35.7 Å². The van der Waals surface area contributed by atoms with Gasteiger partial charge in [-0.3, -0.25) is 4.79 Å². The first kappa shape index (κ1) is 20.7. The zero-order valence-electron chi connectivity index (χ0n) is 13.3. The normalized spacial score (nSPS) is 16.9. The minimum Gasteiger partial charge on any atom is -0.342 e. The summed E-state index contributed by atoms with van der Waals surface area (Å²) in [4.78, 5) is 13.8. The Morgan fingerprint density at radius 1 is 1.29 bits per heavy atom. The molecule has 1 amide bonds. The summed E-state index contributed by atoms with van der Waals surface area (Å²) in [5.74, 6) is 0.205. The number of halogens is 1. The molecule has 0 unspecified atom stereocenters. The van der Waals surface area contributed by atoms with Gasteiger partial charge >= 0.3 is 0 Å². The van der Waals surface area contributed by atoms with Gasteiger partial charge in [0.15, 0.2) is 9.84 Å². The first-order valence-electron chi connectivity index (χ1n) is 7.53. The smallest absolute Gasteiger partial charge is 0.237 e. The largest absolute Gasteiger partial charge is 0.342 e. The van der Waals surface area contributed by atoms with E-state index in [9.17, 15) is 13.2 Å². The number of carbonyl (C=O) groups is 1. The van der Waals surface area contributed by atoms with Gasteiger partial charge in [-0.1, -0.05) is 20.8 Å². The quantitative estimate of drug-likeness (QED) is 0.759. The van der Waals surface area contributed by atoms with Crippen molar-refractivity contribution in [2.24, 2.45) is 11.8 Å². The number of piperidine rings is 1. The van der Waals surface area contributed by atoms with Crippen LogP contribution < -0.4 is 5.32 Å². The zero-order chi connectivity index (χ0) is 15.2. The van der Waals surface area contributed by atoms with E-state index >= 15 is 0 Å². The van der Waals surface area contributed by atoms with E-state index in [1.807, 2.05) is 13.8 Å². The van der Waals surface area contributed by atoms with Crippen molar-refractivity contribution in [2.45, 2.75) is 33.6 Å². The number of nitrogens with zero attached hydrogens (tertiary/aromatic N) is 1. The Hall–Kier alpha value is -0.330. The summed E-state index contributed by atoms with van der Waals surface area (Å²) in [6.07, 6.45) is 1.92. The molecule has 1 aliphatic heterocycles. The van der Waals surface area contributed by atoms with Gasteiger partial charge in [0.2, 0.25) is 5.91 Å². The highest BCUT2D eigenvalue weighted by atomic mass is 35.5. The molecule has 1 aliphatic rings. The molecule has 0 aromatic carbocycles. The lowest BCUT2D eigenvalue weighted by Gasteiger charge is -2.32. The topological polar surface area (TPSA) is 66.5 Å². The number of amides is 1. The predicted octanol–water partition coefficient (Wildman–Crippen LogP) is 1.33. The Kier molecular flexibility index (Phi) is 9.49. The number of hydrogen-bond donors (Lipinski definition) is 1. The molecule has 0 spiro atoms. The van der Waals surface area contributed by atoms with E-state index in [1.165, 1.54) is 0 Å². The van der Waals surface area contributed by atoms with Crippen molar-refractivity contribution in [3.8, 4) is 0 Å². The van der Waals surface area contributed by atoms with Crippen molar-refractivity contribution < 1.29 is 13.2 Å². The fourth-order valence-corrected chi connectivity index (χ4v) is 4.27. The SMILES string of the molecule is CCNCC1CCN(C(=O)CS(=O)(=O)CC(C)C)CC1.Cl. The predicted molar refractivity (Wildman–Crippen MR) is 88.6 cm³/mol. The maximum atomic E-state index is 12.0. The second kappa shape index (κ2) is 9.64. The summed E-state index contributed by atoms with van der Waals surface area (Å²) in [5, 5.41) is 3.32. The molecule has 1 N–H and O–H groups in total. The molecule has 0 aromatic rings. The van der Waals surface area contributed by atoms with Crippen molar-refractivity contribution >= 4 is 28.2 Å². The number of nitrogens with one attached hydrogen (secondary N) is 1. The van der Waals surface area contributed by atoms with Crippen molar-refractivity contribution in [3.63, 3.8) is 0 Å². The highest BCUT2D eigenvalue weighted by Gasteiger charge is 2.26. The van der Waals surface area contributed by atoms with Gasteiger partial charge in [0.1, 0.15) is 5.75 Å². The third kappa shape index (κ3) is 8.02. The number of carbonyl (C=O) groups excluding carboxylic acids is 1. The lowest BCUT2D eigenvalue weighted by atomic mass is 9.97. The van der Waals surface area contributed by atoms with Crippen LogP contribution >= 0.6 is 12.4 Å². The molecule has 0 saturated carbocycles. The number of sulfone groups is 1. The molecule has 1 heterocycles. The fraction of sp³-hybridized carbons (Fsp3) is 0.929. The van der Waals surface area contributed by atoms with Gasteiger partial charge in [-0.2, -0.15) is 0 Å². The van der Waals surface area contributed by atoms with Crippen molar-refractivity contribution in [2.75, 3.05) is 37.7 Å². The molecule has 0 radical (unpaired) electrons. The van der Waals surface area contributed by atoms with Crippen molar-refractivity contribution in [1.29, 1.82) is 0 Å². The molecule has 0 atom stereocenters. The highest BCUT2D eigenvalue weighted by Crippen LogP contribution is 2.17. The Labute approximate surface area is 135 Å². The van der Waals surface area contributed by atoms with E-state index in [0.29, 0.717) is 19.0 Å². The van der Waals surface area contributed by atoms with Gasteiger partial charge < -0.3 is 10.2 Å². The third-order valence-electron chi connectivity index (χ3n) is 3.58. The third-order valence-corrected chi connectivity index (χ3v) is 5.44. The molecule has 0 bridgehead atoms. The Morgan fingerprint density at radius 3 is 2.33 bits per heavy atom. The molecular formula is C14H29ClN2O3S. The average molecular weight is 341 g/mol. The molecule has 1 fully saturated rings. The van der Waals surface area contributed by atoms with Gasteiger partial charge in [0.05, 0.1) is 5.75 Å². The fourth-order valence-electron chi connectivity index (χ4n) is 2.58. The standard InChI is InChI=1S/C14H28N2O3S.ClH/c1-4-15-9-13-5-7-16(8-6-13)14(17)11-20(18,19)10-12(2)3;/h12-13,15H,4-11H2,1-3H3;1H. The van der Waals surface area contributed by atoms with Gasteiger partial charge in [-0.15, -0.1) is 12.4 Å². The molecule has 0 aromatic heterocycles. The minimum atomic E-state index is -3.26. The first-order chi connectivity index (χ1) is 9.34. The summed E-state index contributed by atoms with van der Waals surface area (Å²) in [5.41, 5.74) is 0. The van der Waals surface area contributed by atoms with E-state index in [1.54, 1.807) is 4.90 Å². The van der Waals surface area contributed by atoms with Crippen LogP contribution in [0.25, 0.3) is 0 Å². The summed E-state index contributed by atoms with van der Waals surface area (Å²) in [7, 11) is -3.26. The number of likely N-dealkylation sites (tertiary alicyclic amines) is 1. The molecule has 1 rings (SSSR count). The van der Waals surface area contributed by atoms with E-state index < -0.39 is 9.84 Å². The maximum absolute atomic E-state index is 12.0. The molecule has 0 aliphatic carbocycles. The Morgan fingerprint density at radius 2 is 1.86 bits per heavy atom. The molecule has 7 heteroatoms. The summed E-state index contributed by atoms with van der Waals surface area (Å²) in [6, 6.07) is 0. The highest BCUT2D eigenvalue weighted by molar-refractivity contribution is 7.92.